The highest BCUT2D eigenvalue weighted by Gasteiger charge is 2.23. The molecule has 3 rings (SSSR count). The van der Waals surface area contributed by atoms with Crippen molar-refractivity contribution in [3.8, 4) is 0 Å². The Bertz CT molecular complexity index is 859. The van der Waals surface area contributed by atoms with E-state index in [2.05, 4.69) is 27.6 Å². The van der Waals surface area contributed by atoms with Gasteiger partial charge in [0.25, 0.3) is 0 Å². The van der Waals surface area contributed by atoms with Crippen LogP contribution in [0.2, 0.25) is 0 Å². The molecule has 2 aromatic carbocycles. The van der Waals surface area contributed by atoms with Gasteiger partial charge < -0.3 is 10.6 Å². The van der Waals surface area contributed by atoms with Gasteiger partial charge >= 0.3 is 0 Å². The molecule has 1 saturated heterocycles. The Hall–Kier alpha value is -2.65. The van der Waals surface area contributed by atoms with Crippen LogP contribution in [-0.2, 0) is 6.54 Å². The van der Waals surface area contributed by atoms with Gasteiger partial charge in [-0.1, -0.05) is 18.2 Å². The van der Waals surface area contributed by atoms with E-state index in [0.717, 1.165) is 0 Å². The van der Waals surface area contributed by atoms with E-state index in [4.69, 9.17) is 5.73 Å². The van der Waals surface area contributed by atoms with Crippen molar-refractivity contribution in [1.29, 1.82) is 0 Å². The van der Waals surface area contributed by atoms with E-state index in [1.165, 1.54) is 24.4 Å². The van der Waals surface area contributed by atoms with Gasteiger partial charge in [0.2, 0.25) is 0 Å². The first-order valence-corrected chi connectivity index (χ1v) is 9.13. The number of halogens is 3. The average Bonchev–Trinajstić information content (AvgIpc) is 2.64. The van der Waals surface area contributed by atoms with Gasteiger partial charge in [-0.15, -0.1) is 0 Å². The van der Waals surface area contributed by atoms with Crippen LogP contribution in [0.4, 0.5) is 18.9 Å². The molecular formula is C19H20F3N5S. The third-order valence-electron chi connectivity index (χ3n) is 4.47. The van der Waals surface area contributed by atoms with Crippen LogP contribution in [0.25, 0.3) is 0 Å². The van der Waals surface area contributed by atoms with Crippen molar-refractivity contribution in [3.63, 3.8) is 0 Å². The van der Waals surface area contributed by atoms with Crippen molar-refractivity contribution in [2.75, 3.05) is 31.1 Å². The van der Waals surface area contributed by atoms with Crippen LogP contribution in [-0.4, -0.2) is 42.4 Å². The molecule has 28 heavy (non-hydrogen) atoms. The molecule has 0 saturated carbocycles. The minimum Gasteiger partial charge on any atom is -0.375 e. The highest BCUT2D eigenvalue weighted by Crippen LogP contribution is 2.26. The number of hydrogen-bond donors (Lipinski definition) is 2. The fourth-order valence-corrected chi connectivity index (χ4v) is 3.18. The Kier molecular flexibility index (Phi) is 6.48. The van der Waals surface area contributed by atoms with E-state index in [0.29, 0.717) is 38.3 Å². The summed E-state index contributed by atoms with van der Waals surface area (Å²) in [4.78, 5) is 3.73. The van der Waals surface area contributed by atoms with E-state index >= 15 is 0 Å². The first kappa shape index (κ1) is 20.1. The quantitative estimate of drug-likeness (QED) is 0.453. The fourth-order valence-electron chi connectivity index (χ4n) is 3.13. The molecule has 0 spiro atoms. The summed E-state index contributed by atoms with van der Waals surface area (Å²) in [6, 6.07) is 9.02. The summed E-state index contributed by atoms with van der Waals surface area (Å²) in [6.45, 7) is 2.51. The second kappa shape index (κ2) is 9.03. The Morgan fingerprint density at radius 3 is 2.32 bits per heavy atom. The van der Waals surface area contributed by atoms with Crippen molar-refractivity contribution in [3.05, 3.63) is 65.0 Å². The van der Waals surface area contributed by atoms with Crippen molar-refractivity contribution >= 4 is 29.2 Å². The van der Waals surface area contributed by atoms with E-state index in [1.807, 2.05) is 0 Å². The topological polar surface area (TPSA) is 56.9 Å². The molecule has 0 aliphatic carbocycles. The Labute approximate surface area is 166 Å². The first-order chi connectivity index (χ1) is 13.4. The molecule has 0 bridgehead atoms. The minimum atomic E-state index is -0.667. The molecule has 0 atom stereocenters. The molecule has 0 radical (unpaired) electrons. The Balaban J connectivity index is 1.64. The zero-order chi connectivity index (χ0) is 20.1. The maximum absolute atomic E-state index is 14.5. The summed E-state index contributed by atoms with van der Waals surface area (Å²) in [6.07, 6.45) is 1.24. The second-order valence-corrected chi connectivity index (χ2v) is 6.86. The van der Waals surface area contributed by atoms with Crippen LogP contribution in [0.3, 0.4) is 0 Å². The number of hydrogen-bond acceptors (Lipinski definition) is 4. The second-order valence-electron chi connectivity index (χ2n) is 6.42. The molecule has 5 nitrogen and oxygen atoms in total. The lowest BCUT2D eigenvalue weighted by molar-refractivity contribution is 0.245. The van der Waals surface area contributed by atoms with Crippen LogP contribution in [0.15, 0.2) is 41.5 Å². The zero-order valence-electron chi connectivity index (χ0n) is 15.0. The maximum Gasteiger partial charge on any atom is 0.184 e. The molecule has 3 N–H and O–H groups in total. The van der Waals surface area contributed by atoms with Gasteiger partial charge in [-0.2, -0.15) is 5.10 Å². The predicted molar refractivity (Wildman–Crippen MR) is 108 cm³/mol. The number of benzene rings is 2. The van der Waals surface area contributed by atoms with Crippen LogP contribution < -0.4 is 16.1 Å². The zero-order valence-corrected chi connectivity index (χ0v) is 15.9. The molecule has 0 amide bonds. The summed E-state index contributed by atoms with van der Waals surface area (Å²) in [5, 5.41) is 3.66. The molecular weight excluding hydrogens is 387 g/mol. The Morgan fingerprint density at radius 2 is 1.71 bits per heavy atom. The molecule has 1 aliphatic rings. The lowest BCUT2D eigenvalue weighted by Gasteiger charge is -2.36. The van der Waals surface area contributed by atoms with Gasteiger partial charge in [-0.05, 0) is 30.4 Å². The lowest BCUT2D eigenvalue weighted by Crippen LogP contribution is -2.46. The normalized spacial score (nSPS) is 15.2. The summed E-state index contributed by atoms with van der Waals surface area (Å²) >= 11 is 4.60. The van der Waals surface area contributed by atoms with Gasteiger partial charge in [0, 0.05) is 43.9 Å². The monoisotopic (exact) mass is 407 g/mol. The number of rotatable bonds is 5. The molecule has 0 aromatic heterocycles. The van der Waals surface area contributed by atoms with E-state index in [-0.39, 0.29) is 22.2 Å². The number of piperazine rings is 1. The summed E-state index contributed by atoms with van der Waals surface area (Å²) in [5.41, 5.74) is 8.36. The minimum absolute atomic E-state index is 0.0398. The van der Waals surface area contributed by atoms with Gasteiger partial charge in [-0.25, -0.2) is 13.2 Å². The fraction of sp³-hybridized carbons (Fsp3) is 0.263. The highest BCUT2D eigenvalue weighted by atomic mass is 32.1. The predicted octanol–water partition coefficient (Wildman–Crippen LogP) is 2.59. The molecule has 9 heteroatoms. The maximum atomic E-state index is 14.5. The first-order valence-electron chi connectivity index (χ1n) is 8.72. The standard InChI is InChI=1S/C19H20F3N5S/c20-15-4-2-1-3-14(15)12-26-5-7-27(8-6-26)18-16(21)9-13(10-17(18)22)11-24-25-19(23)28/h1-4,9-11H,5-8,12H2,(H3,23,25,28)/b24-11+. The van der Waals surface area contributed by atoms with Crippen molar-refractivity contribution in [1.82, 2.24) is 10.3 Å². The van der Waals surface area contributed by atoms with Crippen LogP contribution in [0, 0.1) is 17.5 Å². The molecule has 1 fully saturated rings. The number of nitrogens with two attached hydrogens (primary N) is 1. The highest BCUT2D eigenvalue weighted by molar-refractivity contribution is 7.80. The van der Waals surface area contributed by atoms with Crippen molar-refractivity contribution < 1.29 is 13.2 Å². The summed E-state index contributed by atoms with van der Waals surface area (Å²) in [5.74, 6) is -1.58. The number of hydrazone groups is 1. The van der Waals surface area contributed by atoms with Gasteiger partial charge in [0.1, 0.15) is 23.1 Å². The summed E-state index contributed by atoms with van der Waals surface area (Å²) < 4.78 is 42.8. The molecule has 1 heterocycles. The van der Waals surface area contributed by atoms with Crippen molar-refractivity contribution in [2.24, 2.45) is 10.8 Å². The third kappa shape index (κ3) is 4.99. The smallest absolute Gasteiger partial charge is 0.184 e. The van der Waals surface area contributed by atoms with E-state index < -0.39 is 11.6 Å². The molecule has 1 aliphatic heterocycles. The number of nitrogens with one attached hydrogen (secondary N) is 1. The Morgan fingerprint density at radius 1 is 1.07 bits per heavy atom. The average molecular weight is 407 g/mol. The SMILES string of the molecule is NC(=S)N/N=C/c1cc(F)c(N2CCN(Cc3ccccc3F)CC2)c(F)c1. The van der Waals surface area contributed by atoms with E-state index in [1.54, 1.807) is 23.1 Å². The summed E-state index contributed by atoms with van der Waals surface area (Å²) in [7, 11) is 0. The molecule has 2 aromatic rings. The van der Waals surface area contributed by atoms with Gasteiger partial charge in [0.15, 0.2) is 5.11 Å². The van der Waals surface area contributed by atoms with Gasteiger partial charge in [-0.3, -0.25) is 10.3 Å². The van der Waals surface area contributed by atoms with E-state index in [9.17, 15) is 13.2 Å². The lowest BCUT2D eigenvalue weighted by atomic mass is 10.1. The number of anilines is 1. The van der Waals surface area contributed by atoms with Crippen LogP contribution in [0.1, 0.15) is 11.1 Å². The van der Waals surface area contributed by atoms with Crippen molar-refractivity contribution in [2.45, 2.75) is 6.54 Å². The number of thiocarbonyl (C=S) groups is 1. The van der Waals surface area contributed by atoms with Crippen LogP contribution in [0.5, 0.6) is 0 Å². The largest absolute Gasteiger partial charge is 0.375 e. The third-order valence-corrected chi connectivity index (χ3v) is 4.56. The number of nitrogens with zero attached hydrogens (tertiary/aromatic N) is 3. The van der Waals surface area contributed by atoms with Gasteiger partial charge in [0.05, 0.1) is 6.21 Å². The molecule has 0 unspecified atom stereocenters. The molecule has 148 valence electrons. The van der Waals surface area contributed by atoms with Crippen LogP contribution >= 0.6 is 12.2 Å².